The van der Waals surface area contributed by atoms with Crippen LogP contribution in [0.5, 0.6) is 0 Å². The summed E-state index contributed by atoms with van der Waals surface area (Å²) in [7, 11) is 2.05. The van der Waals surface area contributed by atoms with Crippen LogP contribution < -0.4 is 0 Å². The zero-order valence-corrected chi connectivity index (χ0v) is 11.2. The molecule has 0 aliphatic carbocycles. The van der Waals surface area contributed by atoms with Crippen LogP contribution in [0.15, 0.2) is 16.0 Å². The second-order valence-electron chi connectivity index (χ2n) is 4.46. The Morgan fingerprint density at radius 2 is 2.39 bits per heavy atom. The van der Waals surface area contributed by atoms with Crippen molar-refractivity contribution in [3.05, 3.63) is 22.9 Å². The number of thiophene rings is 1. The molecule has 0 bridgehead atoms. The van der Waals surface area contributed by atoms with Gasteiger partial charge in [0.15, 0.2) is 0 Å². The molecule has 6 heteroatoms. The maximum atomic E-state index is 5.46. The van der Waals surface area contributed by atoms with Crippen LogP contribution in [-0.4, -0.2) is 41.8 Å². The number of hydrogen-bond donors (Lipinski definition) is 0. The van der Waals surface area contributed by atoms with Crippen molar-refractivity contribution in [3.63, 3.8) is 0 Å². The minimum absolute atomic E-state index is 0.0697. The van der Waals surface area contributed by atoms with Crippen molar-refractivity contribution >= 4 is 11.3 Å². The number of hydrogen-bond acceptors (Lipinski definition) is 6. The average Bonchev–Trinajstić information content (AvgIpc) is 2.98. The molecule has 1 aliphatic rings. The fraction of sp³-hybridized carbons (Fsp3) is 0.500. The molecular weight excluding hydrogens is 250 g/mol. The smallest absolute Gasteiger partial charge is 0.246 e. The van der Waals surface area contributed by atoms with Gasteiger partial charge in [0, 0.05) is 6.54 Å². The van der Waals surface area contributed by atoms with Gasteiger partial charge in [0.1, 0.15) is 6.04 Å². The summed E-state index contributed by atoms with van der Waals surface area (Å²) in [5.74, 6) is 1.32. The lowest BCUT2D eigenvalue weighted by Gasteiger charge is -2.29. The van der Waals surface area contributed by atoms with E-state index in [0.717, 1.165) is 18.0 Å². The van der Waals surface area contributed by atoms with E-state index in [9.17, 15) is 0 Å². The molecule has 2 aromatic rings. The summed E-state index contributed by atoms with van der Waals surface area (Å²) >= 11 is 1.63. The van der Waals surface area contributed by atoms with Gasteiger partial charge in [-0.05, 0) is 31.0 Å². The molecule has 1 atom stereocenters. The fourth-order valence-electron chi connectivity index (χ4n) is 2.01. The summed E-state index contributed by atoms with van der Waals surface area (Å²) in [6, 6.07) is 2.13. The van der Waals surface area contributed by atoms with Crippen LogP contribution in [0.25, 0.3) is 10.7 Å². The van der Waals surface area contributed by atoms with E-state index in [0.29, 0.717) is 18.3 Å². The number of rotatable bonds is 2. The molecule has 0 spiro atoms. The average molecular weight is 265 g/mol. The maximum Gasteiger partial charge on any atom is 0.246 e. The predicted octanol–water partition coefficient (Wildman–Crippen LogP) is 2.11. The Balaban J connectivity index is 1.87. The summed E-state index contributed by atoms with van der Waals surface area (Å²) < 4.78 is 10.8. The van der Waals surface area contributed by atoms with Gasteiger partial charge < -0.3 is 9.26 Å². The number of ether oxygens (including phenoxy) is 1. The van der Waals surface area contributed by atoms with Gasteiger partial charge in [-0.3, -0.25) is 4.90 Å². The third-order valence-electron chi connectivity index (χ3n) is 3.19. The van der Waals surface area contributed by atoms with Crippen molar-refractivity contribution in [2.24, 2.45) is 0 Å². The summed E-state index contributed by atoms with van der Waals surface area (Å²) in [5.41, 5.74) is 1.18. The minimum atomic E-state index is 0.0697. The van der Waals surface area contributed by atoms with Crippen molar-refractivity contribution < 1.29 is 9.26 Å². The first-order valence-electron chi connectivity index (χ1n) is 5.92. The molecule has 1 saturated heterocycles. The lowest BCUT2D eigenvalue weighted by molar-refractivity contribution is -0.00665. The monoisotopic (exact) mass is 265 g/mol. The van der Waals surface area contributed by atoms with Gasteiger partial charge >= 0.3 is 0 Å². The topological polar surface area (TPSA) is 51.4 Å². The molecule has 96 valence electrons. The Morgan fingerprint density at radius 1 is 1.50 bits per heavy atom. The van der Waals surface area contributed by atoms with Crippen molar-refractivity contribution in [2.75, 3.05) is 26.8 Å². The molecule has 0 N–H and O–H groups in total. The van der Waals surface area contributed by atoms with E-state index in [2.05, 4.69) is 28.0 Å². The van der Waals surface area contributed by atoms with Crippen molar-refractivity contribution in [2.45, 2.75) is 13.0 Å². The van der Waals surface area contributed by atoms with Gasteiger partial charge in [-0.1, -0.05) is 5.16 Å². The molecular formula is C12H15N3O2S. The van der Waals surface area contributed by atoms with Gasteiger partial charge in [-0.25, -0.2) is 0 Å². The molecule has 2 aromatic heterocycles. The third kappa shape index (κ3) is 2.07. The van der Waals surface area contributed by atoms with Gasteiger partial charge in [0.05, 0.1) is 18.1 Å². The molecule has 0 aromatic carbocycles. The van der Waals surface area contributed by atoms with Gasteiger partial charge in [0.25, 0.3) is 0 Å². The van der Waals surface area contributed by atoms with Crippen LogP contribution in [0.2, 0.25) is 0 Å². The van der Waals surface area contributed by atoms with Crippen LogP contribution in [0.1, 0.15) is 17.5 Å². The Kier molecular flexibility index (Phi) is 3.15. The van der Waals surface area contributed by atoms with Gasteiger partial charge in [-0.2, -0.15) is 4.98 Å². The molecule has 3 rings (SSSR count). The lowest BCUT2D eigenvalue weighted by Crippen LogP contribution is -2.36. The first kappa shape index (κ1) is 11.8. The molecule has 0 amide bonds. The number of aryl methyl sites for hydroxylation is 1. The second-order valence-corrected chi connectivity index (χ2v) is 5.38. The standard InChI is InChI=1S/C12H15N3O2S/c1-8-3-6-18-10(8)11-13-12(17-14-11)9-7-16-5-4-15(9)2/h3,6,9H,4-5,7H2,1-2H3. The zero-order valence-electron chi connectivity index (χ0n) is 10.4. The highest BCUT2D eigenvalue weighted by atomic mass is 32.1. The van der Waals surface area contributed by atoms with Crippen LogP contribution in [0.4, 0.5) is 0 Å². The first-order valence-corrected chi connectivity index (χ1v) is 6.79. The van der Waals surface area contributed by atoms with E-state index in [1.807, 2.05) is 12.4 Å². The molecule has 3 heterocycles. The molecule has 0 saturated carbocycles. The molecule has 5 nitrogen and oxygen atoms in total. The van der Waals surface area contributed by atoms with Crippen molar-refractivity contribution in [1.82, 2.24) is 15.0 Å². The highest BCUT2D eigenvalue weighted by Gasteiger charge is 2.27. The van der Waals surface area contributed by atoms with E-state index < -0.39 is 0 Å². The van der Waals surface area contributed by atoms with Crippen LogP contribution in [-0.2, 0) is 4.74 Å². The Hall–Kier alpha value is -1.24. The number of likely N-dealkylation sites (N-methyl/N-ethyl adjacent to an activating group) is 1. The van der Waals surface area contributed by atoms with E-state index >= 15 is 0 Å². The zero-order chi connectivity index (χ0) is 12.5. The maximum absolute atomic E-state index is 5.46. The number of morpholine rings is 1. The molecule has 0 radical (unpaired) electrons. The van der Waals surface area contributed by atoms with Crippen LogP contribution in [0.3, 0.4) is 0 Å². The lowest BCUT2D eigenvalue weighted by atomic mass is 10.2. The molecule has 1 aliphatic heterocycles. The largest absolute Gasteiger partial charge is 0.378 e. The third-order valence-corrected chi connectivity index (χ3v) is 4.20. The SMILES string of the molecule is Cc1ccsc1-c1noc(C2COCCN2C)n1. The Morgan fingerprint density at radius 3 is 3.11 bits per heavy atom. The minimum Gasteiger partial charge on any atom is -0.378 e. The quantitative estimate of drug-likeness (QED) is 0.832. The second kappa shape index (κ2) is 4.79. The Labute approximate surface area is 109 Å². The Bertz CT molecular complexity index is 537. The summed E-state index contributed by atoms with van der Waals surface area (Å²) in [4.78, 5) is 7.75. The van der Waals surface area contributed by atoms with E-state index in [-0.39, 0.29) is 6.04 Å². The molecule has 1 unspecified atom stereocenters. The van der Waals surface area contributed by atoms with Gasteiger partial charge in [0.2, 0.25) is 11.7 Å². The summed E-state index contributed by atoms with van der Waals surface area (Å²) in [6.45, 7) is 4.32. The van der Waals surface area contributed by atoms with Crippen LogP contribution >= 0.6 is 11.3 Å². The van der Waals surface area contributed by atoms with E-state index in [1.54, 1.807) is 11.3 Å². The van der Waals surface area contributed by atoms with Crippen LogP contribution in [0, 0.1) is 6.92 Å². The predicted molar refractivity (Wildman–Crippen MR) is 68.5 cm³/mol. The van der Waals surface area contributed by atoms with Crippen molar-refractivity contribution in [1.29, 1.82) is 0 Å². The highest BCUT2D eigenvalue weighted by molar-refractivity contribution is 7.13. The van der Waals surface area contributed by atoms with E-state index in [1.165, 1.54) is 5.56 Å². The highest BCUT2D eigenvalue weighted by Crippen LogP contribution is 2.29. The first-order chi connectivity index (χ1) is 8.75. The summed E-state index contributed by atoms with van der Waals surface area (Å²) in [6.07, 6.45) is 0. The number of nitrogens with zero attached hydrogens (tertiary/aromatic N) is 3. The van der Waals surface area contributed by atoms with Gasteiger partial charge in [-0.15, -0.1) is 11.3 Å². The summed E-state index contributed by atoms with van der Waals surface area (Å²) in [5, 5.41) is 6.11. The normalized spacial score (nSPS) is 21.3. The fourth-order valence-corrected chi connectivity index (χ4v) is 2.86. The number of aromatic nitrogens is 2. The molecule has 1 fully saturated rings. The van der Waals surface area contributed by atoms with Crippen molar-refractivity contribution in [3.8, 4) is 10.7 Å². The molecule has 18 heavy (non-hydrogen) atoms. The van der Waals surface area contributed by atoms with E-state index in [4.69, 9.17) is 9.26 Å².